The molecule has 0 saturated heterocycles. The highest BCUT2D eigenvalue weighted by Gasteiger charge is 2.21. The minimum absolute atomic E-state index is 0.816. The fourth-order valence-corrected chi connectivity index (χ4v) is 7.20. The van der Waals surface area contributed by atoms with E-state index in [1.54, 1.807) is 0 Å². The van der Waals surface area contributed by atoms with Crippen molar-refractivity contribution >= 4 is 43.5 Å². The van der Waals surface area contributed by atoms with E-state index in [9.17, 15) is 0 Å². The second kappa shape index (κ2) is 11.9. The van der Waals surface area contributed by atoms with Crippen LogP contribution >= 0.6 is 0 Å². The monoisotopic (exact) mass is 651 g/mol. The van der Waals surface area contributed by atoms with Gasteiger partial charge in [-0.05, 0) is 59.0 Å². The standard InChI is InChI=1S/C46H29N5/c1-3-11-30(12-4-1)38-29-35-15-7-8-17-37(35)46-42(38)43(32-13-5-2-6-14-32)50-51(46)36-25-22-31(23-26-36)39-18-9-19-40(48-39)41-27-24-34-21-20-33-16-10-28-47-44(33)45(34)49-41/h1-29H. The fourth-order valence-electron chi connectivity index (χ4n) is 7.20. The molecule has 5 heteroatoms. The van der Waals surface area contributed by atoms with Crippen LogP contribution in [0.1, 0.15) is 0 Å². The van der Waals surface area contributed by atoms with Crippen molar-refractivity contribution in [1.82, 2.24) is 24.7 Å². The van der Waals surface area contributed by atoms with Gasteiger partial charge in [0.15, 0.2) is 0 Å². The maximum absolute atomic E-state index is 5.36. The molecular weight excluding hydrogens is 623 g/mol. The second-order valence-electron chi connectivity index (χ2n) is 12.7. The van der Waals surface area contributed by atoms with Gasteiger partial charge in [-0.2, -0.15) is 5.10 Å². The minimum atomic E-state index is 0.816. The lowest BCUT2D eigenvalue weighted by atomic mass is 9.94. The molecule has 0 atom stereocenters. The average Bonchev–Trinajstić information content (AvgIpc) is 3.62. The van der Waals surface area contributed by atoms with Gasteiger partial charge in [-0.15, -0.1) is 0 Å². The van der Waals surface area contributed by atoms with Crippen molar-refractivity contribution in [3.8, 4) is 50.7 Å². The van der Waals surface area contributed by atoms with Crippen molar-refractivity contribution in [3.63, 3.8) is 0 Å². The molecule has 0 amide bonds. The van der Waals surface area contributed by atoms with Crippen LogP contribution in [0.25, 0.3) is 94.2 Å². The Morgan fingerprint density at radius 2 is 1.10 bits per heavy atom. The Kier molecular flexibility index (Phi) is 6.74. The number of hydrogen-bond donors (Lipinski definition) is 0. The molecule has 5 nitrogen and oxygen atoms in total. The maximum atomic E-state index is 5.36. The summed E-state index contributed by atoms with van der Waals surface area (Å²) in [7, 11) is 0. The summed E-state index contributed by atoms with van der Waals surface area (Å²) in [5, 5.41) is 11.0. The SMILES string of the molecule is c1ccc(-c2cc3ccccc3c3c2c(-c2ccccc2)nn3-c2ccc(-c3cccc(-c4ccc5ccc6cccnc6c5n4)n3)cc2)cc1. The first-order valence-corrected chi connectivity index (χ1v) is 17.1. The summed E-state index contributed by atoms with van der Waals surface area (Å²) in [5.74, 6) is 0. The van der Waals surface area contributed by atoms with Crippen LogP contribution in [-0.2, 0) is 0 Å². The number of aromatic nitrogens is 5. The maximum Gasteiger partial charge on any atom is 0.101 e. The van der Waals surface area contributed by atoms with Crippen LogP contribution < -0.4 is 0 Å². The summed E-state index contributed by atoms with van der Waals surface area (Å²) < 4.78 is 2.11. The zero-order chi connectivity index (χ0) is 33.7. The number of hydrogen-bond acceptors (Lipinski definition) is 4. The molecule has 0 aliphatic rings. The van der Waals surface area contributed by atoms with Crippen molar-refractivity contribution in [2.24, 2.45) is 0 Å². The van der Waals surface area contributed by atoms with E-state index in [1.807, 2.05) is 42.6 Å². The van der Waals surface area contributed by atoms with Gasteiger partial charge in [0.25, 0.3) is 0 Å². The molecular formula is C46H29N5. The van der Waals surface area contributed by atoms with Crippen LogP contribution in [0.4, 0.5) is 0 Å². The summed E-state index contributed by atoms with van der Waals surface area (Å²) in [6, 6.07) is 59.0. The Morgan fingerprint density at radius 3 is 1.92 bits per heavy atom. The van der Waals surface area contributed by atoms with E-state index in [2.05, 4.69) is 143 Å². The predicted molar refractivity (Wildman–Crippen MR) is 209 cm³/mol. The lowest BCUT2D eigenvalue weighted by Crippen LogP contribution is -1.98. The summed E-state index contributed by atoms with van der Waals surface area (Å²) in [6.07, 6.45) is 1.82. The quantitative estimate of drug-likeness (QED) is 0.174. The molecule has 4 aromatic heterocycles. The van der Waals surface area contributed by atoms with Gasteiger partial charge in [0.2, 0.25) is 0 Å². The van der Waals surface area contributed by atoms with Gasteiger partial charge in [-0.25, -0.2) is 14.6 Å². The van der Waals surface area contributed by atoms with E-state index < -0.39 is 0 Å². The first kappa shape index (κ1) is 29.0. The highest BCUT2D eigenvalue weighted by Crippen LogP contribution is 2.41. The number of benzene rings is 6. The molecule has 0 spiro atoms. The van der Waals surface area contributed by atoms with Crippen molar-refractivity contribution in [1.29, 1.82) is 0 Å². The second-order valence-corrected chi connectivity index (χ2v) is 12.7. The zero-order valence-electron chi connectivity index (χ0n) is 27.5. The first-order chi connectivity index (χ1) is 25.3. The lowest BCUT2D eigenvalue weighted by Gasteiger charge is -2.11. The molecule has 0 aliphatic heterocycles. The Bertz CT molecular complexity index is 2900. The van der Waals surface area contributed by atoms with Gasteiger partial charge in [0.1, 0.15) is 5.69 Å². The van der Waals surface area contributed by atoms with Crippen LogP contribution in [-0.4, -0.2) is 24.7 Å². The van der Waals surface area contributed by atoms with Crippen molar-refractivity contribution in [2.45, 2.75) is 0 Å². The predicted octanol–water partition coefficient (Wildman–Crippen LogP) is 11.3. The van der Waals surface area contributed by atoms with Crippen molar-refractivity contribution in [2.75, 3.05) is 0 Å². The van der Waals surface area contributed by atoms with Crippen LogP contribution in [0.15, 0.2) is 176 Å². The fraction of sp³-hybridized carbons (Fsp3) is 0. The summed E-state index contributed by atoms with van der Waals surface area (Å²) >= 11 is 0. The number of nitrogens with zero attached hydrogens (tertiary/aromatic N) is 5. The lowest BCUT2D eigenvalue weighted by molar-refractivity contribution is 0.918. The molecule has 0 bridgehead atoms. The number of rotatable bonds is 5. The van der Waals surface area contributed by atoms with Crippen LogP contribution in [0.3, 0.4) is 0 Å². The molecule has 10 aromatic rings. The summed E-state index contributed by atoms with van der Waals surface area (Å²) in [4.78, 5) is 14.7. The van der Waals surface area contributed by atoms with E-state index in [4.69, 9.17) is 15.1 Å². The van der Waals surface area contributed by atoms with Gasteiger partial charge in [-0.1, -0.05) is 127 Å². The molecule has 0 N–H and O–H groups in total. The third-order valence-electron chi connectivity index (χ3n) is 9.65. The van der Waals surface area contributed by atoms with E-state index in [1.165, 1.54) is 5.39 Å². The third-order valence-corrected chi connectivity index (χ3v) is 9.65. The highest BCUT2D eigenvalue weighted by atomic mass is 15.3. The van der Waals surface area contributed by atoms with E-state index in [0.29, 0.717) is 0 Å². The normalized spacial score (nSPS) is 11.5. The Morgan fingerprint density at radius 1 is 0.431 bits per heavy atom. The molecule has 0 fully saturated rings. The van der Waals surface area contributed by atoms with Gasteiger partial charge >= 0.3 is 0 Å². The average molecular weight is 652 g/mol. The molecule has 6 aromatic carbocycles. The Balaban J connectivity index is 1.10. The molecule has 51 heavy (non-hydrogen) atoms. The zero-order valence-corrected chi connectivity index (χ0v) is 27.5. The van der Waals surface area contributed by atoms with Crippen LogP contribution in [0, 0.1) is 0 Å². The van der Waals surface area contributed by atoms with E-state index in [0.717, 1.165) is 88.8 Å². The Hall–Kier alpha value is -6.98. The number of pyridine rings is 3. The van der Waals surface area contributed by atoms with E-state index in [-0.39, 0.29) is 0 Å². The largest absolute Gasteiger partial charge is 0.254 e. The molecule has 4 heterocycles. The third kappa shape index (κ3) is 4.94. The van der Waals surface area contributed by atoms with E-state index >= 15 is 0 Å². The van der Waals surface area contributed by atoms with Crippen LogP contribution in [0.5, 0.6) is 0 Å². The minimum Gasteiger partial charge on any atom is -0.254 e. The highest BCUT2D eigenvalue weighted by molar-refractivity contribution is 6.17. The summed E-state index contributed by atoms with van der Waals surface area (Å²) in [5.41, 5.74) is 11.7. The van der Waals surface area contributed by atoms with Gasteiger partial charge in [0.05, 0.1) is 39.3 Å². The Labute approximate surface area is 294 Å². The molecule has 0 aliphatic carbocycles. The van der Waals surface area contributed by atoms with Crippen LogP contribution in [0.2, 0.25) is 0 Å². The van der Waals surface area contributed by atoms with Gasteiger partial charge in [0, 0.05) is 38.9 Å². The van der Waals surface area contributed by atoms with Gasteiger partial charge in [-0.3, -0.25) is 4.98 Å². The molecule has 0 radical (unpaired) electrons. The molecule has 10 rings (SSSR count). The van der Waals surface area contributed by atoms with Gasteiger partial charge < -0.3 is 0 Å². The molecule has 0 saturated carbocycles. The molecule has 0 unspecified atom stereocenters. The number of fused-ring (bicyclic) bond motifs is 6. The van der Waals surface area contributed by atoms with Crippen molar-refractivity contribution in [3.05, 3.63) is 176 Å². The molecule has 238 valence electrons. The summed E-state index contributed by atoms with van der Waals surface area (Å²) in [6.45, 7) is 0. The van der Waals surface area contributed by atoms with Crippen molar-refractivity contribution < 1.29 is 0 Å². The smallest absolute Gasteiger partial charge is 0.101 e. The first-order valence-electron chi connectivity index (χ1n) is 17.1. The topological polar surface area (TPSA) is 56.5 Å².